The first-order valence-corrected chi connectivity index (χ1v) is 5.01. The zero-order valence-corrected chi connectivity index (χ0v) is 9.11. The Morgan fingerprint density at radius 2 is 2.13 bits per heavy atom. The lowest BCUT2D eigenvalue weighted by atomic mass is 10.2. The highest BCUT2D eigenvalue weighted by atomic mass is 35.5. The lowest BCUT2D eigenvalue weighted by Crippen LogP contribution is -2.22. The van der Waals surface area contributed by atoms with Crippen LogP contribution in [-0.4, -0.2) is 9.13 Å². The standard InChI is InChI=1S/C11H11ClN2O/c1-13-5-6-14(11(13)15)8-9-3-2-4-10(12)7-9/h2-7H,8H2,1H3. The second kappa shape index (κ2) is 3.95. The van der Waals surface area contributed by atoms with Gasteiger partial charge in [-0.15, -0.1) is 0 Å². The first-order chi connectivity index (χ1) is 7.16. The summed E-state index contributed by atoms with van der Waals surface area (Å²) in [5.41, 5.74) is 1.01. The Bertz CT molecular complexity index is 527. The molecule has 1 aromatic heterocycles. The molecule has 0 bridgehead atoms. The fourth-order valence-corrected chi connectivity index (χ4v) is 1.68. The van der Waals surface area contributed by atoms with Crippen LogP contribution in [0.2, 0.25) is 5.02 Å². The number of aromatic nitrogens is 2. The van der Waals surface area contributed by atoms with Crippen molar-refractivity contribution < 1.29 is 0 Å². The third kappa shape index (κ3) is 2.13. The summed E-state index contributed by atoms with van der Waals surface area (Å²) < 4.78 is 3.19. The first-order valence-electron chi connectivity index (χ1n) is 4.63. The molecule has 1 heterocycles. The first kappa shape index (κ1) is 10.1. The van der Waals surface area contributed by atoms with Crippen LogP contribution >= 0.6 is 11.6 Å². The molecule has 0 saturated carbocycles. The Kier molecular flexibility index (Phi) is 2.64. The maximum absolute atomic E-state index is 11.6. The van der Waals surface area contributed by atoms with Crippen molar-refractivity contribution in [3.05, 3.63) is 57.7 Å². The molecule has 0 spiro atoms. The molecule has 4 heteroatoms. The van der Waals surface area contributed by atoms with Gasteiger partial charge in [-0.25, -0.2) is 4.79 Å². The molecule has 0 fully saturated rings. The van der Waals surface area contributed by atoms with E-state index >= 15 is 0 Å². The number of nitrogens with zero attached hydrogens (tertiary/aromatic N) is 2. The van der Waals surface area contributed by atoms with Crippen molar-refractivity contribution in [1.82, 2.24) is 9.13 Å². The second-order valence-electron chi connectivity index (χ2n) is 3.45. The van der Waals surface area contributed by atoms with Crippen LogP contribution in [0, 0.1) is 0 Å². The van der Waals surface area contributed by atoms with Gasteiger partial charge in [-0.1, -0.05) is 23.7 Å². The zero-order chi connectivity index (χ0) is 10.8. The van der Waals surface area contributed by atoms with E-state index in [0.717, 1.165) is 5.56 Å². The van der Waals surface area contributed by atoms with E-state index in [1.54, 1.807) is 28.6 Å². The van der Waals surface area contributed by atoms with Crippen LogP contribution in [0.25, 0.3) is 0 Å². The second-order valence-corrected chi connectivity index (χ2v) is 3.89. The lowest BCUT2D eigenvalue weighted by molar-refractivity contribution is 0.718. The molecule has 0 unspecified atom stereocenters. The number of rotatable bonds is 2. The van der Waals surface area contributed by atoms with Crippen LogP contribution < -0.4 is 5.69 Å². The molecule has 2 rings (SSSR count). The minimum atomic E-state index is -0.0185. The molecule has 0 amide bonds. The Labute approximate surface area is 92.5 Å². The summed E-state index contributed by atoms with van der Waals surface area (Å²) in [6, 6.07) is 7.51. The van der Waals surface area contributed by atoms with E-state index in [1.165, 1.54) is 0 Å². The smallest absolute Gasteiger partial charge is 0.302 e. The van der Waals surface area contributed by atoms with Gasteiger partial charge >= 0.3 is 5.69 Å². The molecule has 0 atom stereocenters. The van der Waals surface area contributed by atoms with Crippen molar-refractivity contribution in [2.24, 2.45) is 7.05 Å². The average molecular weight is 223 g/mol. The maximum Gasteiger partial charge on any atom is 0.328 e. The van der Waals surface area contributed by atoms with E-state index in [-0.39, 0.29) is 5.69 Å². The van der Waals surface area contributed by atoms with E-state index in [0.29, 0.717) is 11.6 Å². The van der Waals surface area contributed by atoms with Crippen LogP contribution in [-0.2, 0) is 13.6 Å². The highest BCUT2D eigenvalue weighted by Crippen LogP contribution is 2.11. The van der Waals surface area contributed by atoms with Gasteiger partial charge in [0.05, 0.1) is 6.54 Å². The van der Waals surface area contributed by atoms with Crippen molar-refractivity contribution >= 4 is 11.6 Å². The minimum absolute atomic E-state index is 0.0185. The zero-order valence-electron chi connectivity index (χ0n) is 8.35. The summed E-state index contributed by atoms with van der Waals surface area (Å²) in [7, 11) is 1.73. The fraction of sp³-hybridized carbons (Fsp3) is 0.182. The average Bonchev–Trinajstić information content (AvgIpc) is 2.50. The number of aryl methyl sites for hydroxylation is 1. The Morgan fingerprint density at radius 1 is 1.33 bits per heavy atom. The number of halogens is 1. The SMILES string of the molecule is Cn1ccn(Cc2cccc(Cl)c2)c1=O. The van der Waals surface area contributed by atoms with Crippen LogP contribution in [0.1, 0.15) is 5.56 Å². The summed E-state index contributed by atoms with van der Waals surface area (Å²) in [5, 5.41) is 0.691. The Morgan fingerprint density at radius 3 is 2.73 bits per heavy atom. The van der Waals surface area contributed by atoms with Gasteiger partial charge in [0, 0.05) is 24.5 Å². The molecule has 15 heavy (non-hydrogen) atoms. The summed E-state index contributed by atoms with van der Waals surface area (Å²) in [5.74, 6) is 0. The molecule has 2 aromatic rings. The lowest BCUT2D eigenvalue weighted by Gasteiger charge is -2.01. The van der Waals surface area contributed by atoms with Crippen LogP contribution in [0.15, 0.2) is 41.5 Å². The van der Waals surface area contributed by atoms with E-state index in [9.17, 15) is 4.79 Å². The molecule has 0 aliphatic heterocycles. The topological polar surface area (TPSA) is 26.9 Å². The largest absolute Gasteiger partial charge is 0.328 e. The van der Waals surface area contributed by atoms with Crippen molar-refractivity contribution in [2.75, 3.05) is 0 Å². The van der Waals surface area contributed by atoms with Crippen molar-refractivity contribution in [2.45, 2.75) is 6.54 Å². The monoisotopic (exact) mass is 222 g/mol. The minimum Gasteiger partial charge on any atom is -0.302 e. The highest BCUT2D eigenvalue weighted by molar-refractivity contribution is 6.30. The van der Waals surface area contributed by atoms with Crippen LogP contribution in [0.4, 0.5) is 0 Å². The molecule has 0 radical (unpaired) electrons. The maximum atomic E-state index is 11.6. The van der Waals surface area contributed by atoms with E-state index < -0.39 is 0 Å². The van der Waals surface area contributed by atoms with Crippen molar-refractivity contribution in [3.8, 4) is 0 Å². The van der Waals surface area contributed by atoms with Crippen LogP contribution in [0.3, 0.4) is 0 Å². The highest BCUT2D eigenvalue weighted by Gasteiger charge is 2.00. The van der Waals surface area contributed by atoms with Gasteiger partial charge in [-0.05, 0) is 17.7 Å². The molecule has 0 saturated heterocycles. The summed E-state index contributed by atoms with van der Waals surface area (Å²) in [6.07, 6.45) is 3.51. The van der Waals surface area contributed by atoms with Crippen molar-refractivity contribution in [3.63, 3.8) is 0 Å². The summed E-state index contributed by atoms with van der Waals surface area (Å²) in [6.45, 7) is 0.556. The summed E-state index contributed by atoms with van der Waals surface area (Å²) >= 11 is 5.86. The number of imidazole rings is 1. The molecule has 0 aliphatic rings. The number of hydrogen-bond donors (Lipinski definition) is 0. The number of benzene rings is 1. The van der Waals surface area contributed by atoms with Crippen molar-refractivity contribution in [1.29, 1.82) is 0 Å². The number of hydrogen-bond acceptors (Lipinski definition) is 1. The van der Waals surface area contributed by atoms with Gasteiger partial charge in [-0.2, -0.15) is 0 Å². The predicted octanol–water partition coefficient (Wildman–Crippen LogP) is 1.89. The van der Waals surface area contributed by atoms with E-state index in [2.05, 4.69) is 0 Å². The Hall–Kier alpha value is -1.48. The normalized spacial score (nSPS) is 10.5. The van der Waals surface area contributed by atoms with E-state index in [1.807, 2.05) is 24.3 Å². The predicted molar refractivity (Wildman–Crippen MR) is 60.2 cm³/mol. The molecule has 0 aliphatic carbocycles. The molecular formula is C11H11ClN2O. The Balaban J connectivity index is 2.30. The molecular weight excluding hydrogens is 212 g/mol. The third-order valence-corrected chi connectivity index (χ3v) is 2.49. The van der Waals surface area contributed by atoms with Gasteiger partial charge < -0.3 is 4.57 Å². The molecule has 78 valence electrons. The van der Waals surface area contributed by atoms with Gasteiger partial charge in [0.25, 0.3) is 0 Å². The van der Waals surface area contributed by atoms with Crippen LogP contribution in [0.5, 0.6) is 0 Å². The van der Waals surface area contributed by atoms with Gasteiger partial charge in [0.15, 0.2) is 0 Å². The van der Waals surface area contributed by atoms with Gasteiger partial charge in [0.1, 0.15) is 0 Å². The molecule has 3 nitrogen and oxygen atoms in total. The van der Waals surface area contributed by atoms with Gasteiger partial charge in [0.2, 0.25) is 0 Å². The van der Waals surface area contributed by atoms with E-state index in [4.69, 9.17) is 11.6 Å². The molecule has 0 N–H and O–H groups in total. The summed E-state index contributed by atoms with van der Waals surface area (Å²) in [4.78, 5) is 11.6. The van der Waals surface area contributed by atoms with Gasteiger partial charge in [-0.3, -0.25) is 4.57 Å². The fourth-order valence-electron chi connectivity index (χ4n) is 1.46. The molecule has 1 aromatic carbocycles. The quantitative estimate of drug-likeness (QED) is 0.763. The third-order valence-electron chi connectivity index (χ3n) is 2.26.